The van der Waals surface area contributed by atoms with Gasteiger partial charge in [0.25, 0.3) is 0 Å². The van der Waals surface area contributed by atoms with Gasteiger partial charge in [0.2, 0.25) is 5.91 Å². The lowest BCUT2D eigenvalue weighted by atomic mass is 10.1. The molecule has 0 spiro atoms. The number of hydrogen-bond donors (Lipinski definition) is 0. The van der Waals surface area contributed by atoms with E-state index in [4.69, 9.17) is 11.6 Å². The molecule has 0 aliphatic rings. The zero-order chi connectivity index (χ0) is 14.5. The van der Waals surface area contributed by atoms with Crippen LogP contribution in [0.25, 0.3) is 0 Å². The van der Waals surface area contributed by atoms with Crippen LogP contribution in [-0.4, -0.2) is 21.1 Å². The Morgan fingerprint density at radius 3 is 2.75 bits per heavy atom. The summed E-state index contributed by atoms with van der Waals surface area (Å²) < 4.78 is 1.71. The van der Waals surface area contributed by atoms with Crippen LogP contribution in [0.3, 0.4) is 0 Å². The molecular weight excluding hydrogens is 274 g/mol. The van der Waals surface area contributed by atoms with Crippen LogP contribution in [0, 0.1) is 6.92 Å². The van der Waals surface area contributed by atoms with E-state index in [1.165, 1.54) is 0 Å². The average Bonchev–Trinajstić information content (AvgIpc) is 2.97. The molecule has 1 aromatic heterocycles. The number of carbonyl (C=O) groups excluding carboxylic acids is 1. The molecule has 20 heavy (non-hydrogen) atoms. The second-order valence-corrected chi connectivity index (χ2v) is 5.14. The molecule has 0 saturated carbocycles. The second-order valence-electron chi connectivity index (χ2n) is 4.62. The minimum atomic E-state index is -0.523. The van der Waals surface area contributed by atoms with Gasteiger partial charge < -0.3 is 0 Å². The van der Waals surface area contributed by atoms with Gasteiger partial charge in [-0.05, 0) is 31.0 Å². The van der Waals surface area contributed by atoms with E-state index in [1.54, 1.807) is 15.8 Å². The van der Waals surface area contributed by atoms with E-state index < -0.39 is 5.38 Å². The van der Waals surface area contributed by atoms with Gasteiger partial charge in [-0.25, -0.2) is 0 Å². The normalized spacial score (nSPS) is 12.2. The van der Waals surface area contributed by atoms with E-state index in [-0.39, 0.29) is 5.91 Å². The van der Waals surface area contributed by atoms with Gasteiger partial charge in [0.05, 0.1) is 0 Å². The molecule has 0 fully saturated rings. The van der Waals surface area contributed by atoms with E-state index in [9.17, 15) is 4.79 Å². The maximum absolute atomic E-state index is 12.5. The maximum atomic E-state index is 12.5. The first-order chi connectivity index (χ1) is 9.63. The standard InChI is InChI=1S/C15H18ClN3O/c1-3-13(16)15(20)19(11-18-10-6-9-17-18)14-8-5-4-7-12(14)2/h4-10,13H,3,11H2,1-2H3. The predicted molar refractivity (Wildman–Crippen MR) is 80.8 cm³/mol. The van der Waals surface area contributed by atoms with Gasteiger partial charge in [-0.2, -0.15) is 5.10 Å². The number of rotatable bonds is 5. The molecule has 4 nitrogen and oxygen atoms in total. The largest absolute Gasteiger partial charge is 0.291 e. The van der Waals surface area contributed by atoms with Gasteiger partial charge in [-0.15, -0.1) is 11.6 Å². The Morgan fingerprint density at radius 1 is 1.40 bits per heavy atom. The molecule has 106 valence electrons. The number of halogens is 1. The fourth-order valence-corrected chi connectivity index (χ4v) is 2.12. The summed E-state index contributed by atoms with van der Waals surface area (Å²) in [6.45, 7) is 4.24. The molecular formula is C15H18ClN3O. The van der Waals surface area contributed by atoms with E-state index in [0.29, 0.717) is 13.1 Å². The molecule has 0 bridgehead atoms. The van der Waals surface area contributed by atoms with E-state index in [2.05, 4.69) is 5.10 Å². The highest BCUT2D eigenvalue weighted by molar-refractivity contribution is 6.32. The topological polar surface area (TPSA) is 38.1 Å². The summed E-state index contributed by atoms with van der Waals surface area (Å²) in [5.41, 5.74) is 1.90. The molecule has 0 radical (unpaired) electrons. The third-order valence-corrected chi connectivity index (χ3v) is 3.64. The molecule has 1 unspecified atom stereocenters. The Kier molecular flexibility index (Phi) is 4.79. The zero-order valence-corrected chi connectivity index (χ0v) is 12.4. The van der Waals surface area contributed by atoms with Crippen molar-refractivity contribution in [3.63, 3.8) is 0 Å². The van der Waals surface area contributed by atoms with Crippen LogP contribution in [-0.2, 0) is 11.5 Å². The number of benzene rings is 1. The average molecular weight is 292 g/mol. The van der Waals surface area contributed by atoms with Gasteiger partial charge in [0.1, 0.15) is 12.0 Å². The van der Waals surface area contributed by atoms with Crippen molar-refractivity contribution in [3.05, 3.63) is 48.3 Å². The summed E-state index contributed by atoms with van der Waals surface area (Å²) in [6.07, 6.45) is 4.12. The van der Waals surface area contributed by atoms with Crippen LogP contribution < -0.4 is 4.90 Å². The van der Waals surface area contributed by atoms with Gasteiger partial charge in [0.15, 0.2) is 0 Å². The maximum Gasteiger partial charge on any atom is 0.246 e. The molecule has 1 atom stereocenters. The fraction of sp³-hybridized carbons (Fsp3) is 0.333. The van der Waals surface area contributed by atoms with Crippen LogP contribution in [0.1, 0.15) is 18.9 Å². The number of aryl methyl sites for hydroxylation is 1. The quantitative estimate of drug-likeness (QED) is 0.794. The van der Waals surface area contributed by atoms with Gasteiger partial charge in [0, 0.05) is 18.1 Å². The summed E-state index contributed by atoms with van der Waals surface area (Å²) in [5.74, 6) is -0.0982. The van der Waals surface area contributed by atoms with E-state index >= 15 is 0 Å². The third-order valence-electron chi connectivity index (χ3n) is 3.14. The highest BCUT2D eigenvalue weighted by atomic mass is 35.5. The monoisotopic (exact) mass is 291 g/mol. The number of alkyl halides is 1. The molecule has 0 aliphatic heterocycles. The number of hydrogen-bond acceptors (Lipinski definition) is 2. The molecule has 1 heterocycles. The summed E-state index contributed by atoms with van der Waals surface area (Å²) >= 11 is 6.13. The molecule has 0 aliphatic carbocycles. The molecule has 2 aromatic rings. The molecule has 0 N–H and O–H groups in total. The summed E-state index contributed by atoms with van der Waals surface area (Å²) in [5, 5.41) is 3.64. The van der Waals surface area contributed by atoms with Crippen molar-refractivity contribution in [2.24, 2.45) is 0 Å². The van der Waals surface area contributed by atoms with E-state index in [1.807, 2.05) is 50.4 Å². The molecule has 1 aromatic carbocycles. The van der Waals surface area contributed by atoms with Crippen molar-refractivity contribution in [1.29, 1.82) is 0 Å². The third kappa shape index (κ3) is 3.20. The lowest BCUT2D eigenvalue weighted by Gasteiger charge is -2.26. The highest BCUT2D eigenvalue weighted by Gasteiger charge is 2.23. The number of para-hydroxylation sites is 1. The number of carbonyl (C=O) groups is 1. The molecule has 5 heteroatoms. The van der Waals surface area contributed by atoms with Crippen LogP contribution in [0.5, 0.6) is 0 Å². The zero-order valence-electron chi connectivity index (χ0n) is 11.7. The first-order valence-electron chi connectivity index (χ1n) is 6.62. The second kappa shape index (κ2) is 6.57. The lowest BCUT2D eigenvalue weighted by Crippen LogP contribution is -2.38. The molecule has 0 saturated heterocycles. The van der Waals surface area contributed by atoms with Crippen molar-refractivity contribution in [1.82, 2.24) is 9.78 Å². The van der Waals surface area contributed by atoms with Crippen LogP contribution in [0.4, 0.5) is 5.69 Å². The minimum Gasteiger partial charge on any atom is -0.291 e. The lowest BCUT2D eigenvalue weighted by molar-refractivity contribution is -0.118. The molecule has 1 amide bonds. The van der Waals surface area contributed by atoms with Crippen molar-refractivity contribution >= 4 is 23.2 Å². The summed E-state index contributed by atoms with van der Waals surface area (Å²) in [6, 6.07) is 9.61. The smallest absolute Gasteiger partial charge is 0.246 e. The van der Waals surface area contributed by atoms with Crippen molar-refractivity contribution in [2.45, 2.75) is 32.3 Å². The number of anilines is 1. The minimum absolute atomic E-state index is 0.0982. The predicted octanol–water partition coefficient (Wildman–Crippen LogP) is 3.20. The number of nitrogens with zero attached hydrogens (tertiary/aromatic N) is 3. The SMILES string of the molecule is CCC(Cl)C(=O)N(Cn1cccn1)c1ccccc1C. The van der Waals surface area contributed by atoms with Gasteiger partial charge in [-0.1, -0.05) is 25.1 Å². The van der Waals surface area contributed by atoms with Crippen molar-refractivity contribution in [3.8, 4) is 0 Å². The number of amides is 1. The molecule has 2 rings (SSSR count). The fourth-order valence-electron chi connectivity index (χ4n) is 2.00. The van der Waals surface area contributed by atoms with Crippen LogP contribution >= 0.6 is 11.6 Å². The summed E-state index contributed by atoms with van der Waals surface area (Å²) in [4.78, 5) is 14.2. The van der Waals surface area contributed by atoms with Crippen molar-refractivity contribution < 1.29 is 4.79 Å². The van der Waals surface area contributed by atoms with Crippen LogP contribution in [0.15, 0.2) is 42.7 Å². The van der Waals surface area contributed by atoms with Crippen molar-refractivity contribution in [2.75, 3.05) is 4.90 Å². The Bertz CT molecular complexity index is 568. The van der Waals surface area contributed by atoms with Crippen LogP contribution in [0.2, 0.25) is 0 Å². The highest BCUT2D eigenvalue weighted by Crippen LogP contribution is 2.22. The Hall–Kier alpha value is -1.81. The summed E-state index contributed by atoms with van der Waals surface area (Å²) in [7, 11) is 0. The first-order valence-corrected chi connectivity index (χ1v) is 7.05. The first kappa shape index (κ1) is 14.6. The number of aromatic nitrogens is 2. The Morgan fingerprint density at radius 2 is 2.15 bits per heavy atom. The van der Waals surface area contributed by atoms with E-state index in [0.717, 1.165) is 11.3 Å². The van der Waals surface area contributed by atoms with Gasteiger partial charge in [-0.3, -0.25) is 14.4 Å². The Labute approximate surface area is 124 Å². The Balaban J connectivity index is 2.33. The van der Waals surface area contributed by atoms with Gasteiger partial charge >= 0.3 is 0 Å².